The number of rotatable bonds is 2. The van der Waals surface area contributed by atoms with Crippen molar-refractivity contribution in [3.63, 3.8) is 0 Å². The van der Waals surface area contributed by atoms with Crippen LogP contribution in [0.2, 0.25) is 0 Å². The van der Waals surface area contributed by atoms with Gasteiger partial charge in [-0.05, 0) is 41.1 Å². The number of hydrogen-bond donors (Lipinski definition) is 0. The van der Waals surface area contributed by atoms with Crippen LogP contribution in [-0.4, -0.2) is 7.11 Å². The molecule has 0 N–H and O–H groups in total. The number of methoxy groups -OCH3 is 1. The lowest BCUT2D eigenvalue weighted by Crippen LogP contribution is -2.01. The molecule has 23 heavy (non-hydrogen) atoms. The Kier molecular flexibility index (Phi) is 3.12. The Morgan fingerprint density at radius 2 is 1.70 bits per heavy atom. The van der Waals surface area contributed by atoms with Crippen LogP contribution in [0.15, 0.2) is 75.9 Å². The predicted octanol–water partition coefficient (Wildman–Crippen LogP) is 4.62. The highest BCUT2D eigenvalue weighted by Gasteiger charge is 2.10. The van der Waals surface area contributed by atoms with Crippen molar-refractivity contribution >= 4 is 21.7 Å². The highest BCUT2D eigenvalue weighted by molar-refractivity contribution is 6.05. The Bertz CT molecular complexity index is 1060. The maximum Gasteiger partial charge on any atom is 0.193 e. The molecule has 3 aromatic carbocycles. The molecule has 0 radical (unpaired) electrons. The molecule has 0 aliphatic heterocycles. The minimum absolute atomic E-state index is 0.0335. The van der Waals surface area contributed by atoms with Crippen LogP contribution in [0, 0.1) is 0 Å². The number of fused-ring (bicyclic) bond motifs is 3. The summed E-state index contributed by atoms with van der Waals surface area (Å²) in [4.78, 5) is 12.6. The van der Waals surface area contributed by atoms with Crippen molar-refractivity contribution in [1.29, 1.82) is 0 Å². The van der Waals surface area contributed by atoms with Gasteiger partial charge in [0.25, 0.3) is 0 Å². The van der Waals surface area contributed by atoms with Crippen molar-refractivity contribution in [3.05, 3.63) is 77.0 Å². The van der Waals surface area contributed by atoms with Crippen LogP contribution in [0.25, 0.3) is 33.1 Å². The Balaban J connectivity index is 1.96. The first-order valence-corrected chi connectivity index (χ1v) is 7.36. The summed E-state index contributed by atoms with van der Waals surface area (Å²) < 4.78 is 11.1. The van der Waals surface area contributed by atoms with Gasteiger partial charge in [0, 0.05) is 11.6 Å². The summed E-state index contributed by atoms with van der Waals surface area (Å²) in [5, 5.41) is 2.57. The molecule has 0 saturated carbocycles. The van der Waals surface area contributed by atoms with Gasteiger partial charge in [0.2, 0.25) is 0 Å². The highest BCUT2D eigenvalue weighted by atomic mass is 16.5. The quantitative estimate of drug-likeness (QED) is 0.507. The normalized spacial score (nSPS) is 11.0. The van der Waals surface area contributed by atoms with Crippen molar-refractivity contribution in [2.45, 2.75) is 0 Å². The van der Waals surface area contributed by atoms with Crippen molar-refractivity contribution in [2.75, 3.05) is 7.11 Å². The first-order valence-electron chi connectivity index (χ1n) is 7.36. The van der Waals surface area contributed by atoms with E-state index in [1.807, 2.05) is 60.7 Å². The van der Waals surface area contributed by atoms with E-state index in [1.165, 1.54) is 0 Å². The average molecular weight is 302 g/mol. The topological polar surface area (TPSA) is 39.4 Å². The monoisotopic (exact) mass is 302 g/mol. The molecule has 0 unspecified atom stereocenters. The number of hydrogen-bond acceptors (Lipinski definition) is 3. The summed E-state index contributed by atoms with van der Waals surface area (Å²) >= 11 is 0. The van der Waals surface area contributed by atoms with E-state index < -0.39 is 0 Å². The van der Waals surface area contributed by atoms with E-state index in [2.05, 4.69) is 0 Å². The zero-order chi connectivity index (χ0) is 15.8. The molecule has 0 saturated heterocycles. The van der Waals surface area contributed by atoms with Gasteiger partial charge < -0.3 is 9.15 Å². The SMILES string of the molecule is COc1ccc(-c2cc(=O)c3c(ccc4ccccc43)o2)cc1. The van der Waals surface area contributed by atoms with Crippen molar-refractivity contribution in [3.8, 4) is 17.1 Å². The number of ether oxygens (including phenoxy) is 1. The molecule has 1 heterocycles. The standard InChI is InChI=1S/C20H14O3/c1-22-15-9-6-14(7-10-15)19-12-17(21)20-16-5-3-2-4-13(16)8-11-18(20)23-19/h2-12H,1H3. The van der Waals surface area contributed by atoms with Crippen molar-refractivity contribution < 1.29 is 9.15 Å². The van der Waals surface area contributed by atoms with Gasteiger partial charge in [0.15, 0.2) is 5.43 Å². The van der Waals surface area contributed by atoms with Gasteiger partial charge in [-0.2, -0.15) is 0 Å². The highest BCUT2D eigenvalue weighted by Crippen LogP contribution is 2.27. The Hall–Kier alpha value is -3.07. The van der Waals surface area contributed by atoms with E-state index in [0.717, 1.165) is 22.1 Å². The van der Waals surface area contributed by atoms with Crippen molar-refractivity contribution in [2.24, 2.45) is 0 Å². The van der Waals surface area contributed by atoms with Gasteiger partial charge in [-0.1, -0.05) is 30.3 Å². The third kappa shape index (κ3) is 2.27. The van der Waals surface area contributed by atoms with Crippen LogP contribution < -0.4 is 10.2 Å². The average Bonchev–Trinajstić information content (AvgIpc) is 2.61. The van der Waals surface area contributed by atoms with E-state index in [4.69, 9.17) is 9.15 Å². The molecule has 4 aromatic rings. The van der Waals surface area contributed by atoms with Gasteiger partial charge in [-0.3, -0.25) is 4.79 Å². The zero-order valence-electron chi connectivity index (χ0n) is 12.6. The van der Waals surface area contributed by atoms with E-state index >= 15 is 0 Å². The Morgan fingerprint density at radius 3 is 2.48 bits per heavy atom. The Morgan fingerprint density at radius 1 is 0.913 bits per heavy atom. The molecular weight excluding hydrogens is 288 g/mol. The summed E-state index contributed by atoms with van der Waals surface area (Å²) in [6.45, 7) is 0. The fraction of sp³-hybridized carbons (Fsp3) is 0.0500. The van der Waals surface area contributed by atoms with Crippen LogP contribution in [0.3, 0.4) is 0 Å². The van der Waals surface area contributed by atoms with E-state index in [0.29, 0.717) is 16.7 Å². The minimum atomic E-state index is -0.0335. The molecule has 4 rings (SSSR count). The summed E-state index contributed by atoms with van der Waals surface area (Å²) in [5.41, 5.74) is 1.41. The molecule has 3 heteroatoms. The van der Waals surface area contributed by atoms with Gasteiger partial charge in [-0.15, -0.1) is 0 Å². The first kappa shape index (κ1) is 13.6. The second-order valence-corrected chi connectivity index (χ2v) is 5.36. The predicted molar refractivity (Wildman–Crippen MR) is 92.0 cm³/mol. The zero-order valence-corrected chi connectivity index (χ0v) is 12.6. The van der Waals surface area contributed by atoms with Gasteiger partial charge in [0.1, 0.15) is 17.1 Å². The lowest BCUT2D eigenvalue weighted by molar-refractivity contribution is 0.415. The van der Waals surface area contributed by atoms with Crippen LogP contribution in [-0.2, 0) is 0 Å². The third-order valence-electron chi connectivity index (χ3n) is 3.99. The van der Waals surface area contributed by atoms with Crippen LogP contribution in [0.4, 0.5) is 0 Å². The Labute approximate surface area is 132 Å². The van der Waals surface area contributed by atoms with Gasteiger partial charge in [0.05, 0.1) is 12.5 Å². The number of benzene rings is 3. The molecule has 0 fully saturated rings. The molecule has 0 amide bonds. The van der Waals surface area contributed by atoms with Crippen LogP contribution in [0.1, 0.15) is 0 Å². The third-order valence-corrected chi connectivity index (χ3v) is 3.99. The summed E-state index contributed by atoms with van der Waals surface area (Å²) in [5.74, 6) is 1.32. The lowest BCUT2D eigenvalue weighted by Gasteiger charge is -2.06. The van der Waals surface area contributed by atoms with E-state index in [1.54, 1.807) is 13.2 Å². The molecule has 0 bridgehead atoms. The van der Waals surface area contributed by atoms with E-state index in [9.17, 15) is 4.79 Å². The fourth-order valence-corrected chi connectivity index (χ4v) is 2.83. The van der Waals surface area contributed by atoms with Crippen molar-refractivity contribution in [1.82, 2.24) is 0 Å². The van der Waals surface area contributed by atoms with Gasteiger partial charge >= 0.3 is 0 Å². The molecule has 0 aliphatic rings. The minimum Gasteiger partial charge on any atom is -0.497 e. The van der Waals surface area contributed by atoms with Crippen LogP contribution >= 0.6 is 0 Å². The molecule has 112 valence electrons. The summed E-state index contributed by atoms with van der Waals surface area (Å²) in [6, 6.07) is 20.7. The smallest absolute Gasteiger partial charge is 0.193 e. The van der Waals surface area contributed by atoms with E-state index in [-0.39, 0.29) is 5.43 Å². The first-order chi connectivity index (χ1) is 11.3. The fourth-order valence-electron chi connectivity index (χ4n) is 2.83. The maximum absolute atomic E-state index is 12.6. The second kappa shape index (κ2) is 5.29. The summed E-state index contributed by atoms with van der Waals surface area (Å²) in [6.07, 6.45) is 0. The molecule has 0 atom stereocenters. The lowest BCUT2D eigenvalue weighted by atomic mass is 10.0. The second-order valence-electron chi connectivity index (χ2n) is 5.36. The van der Waals surface area contributed by atoms with Crippen LogP contribution in [0.5, 0.6) is 5.75 Å². The summed E-state index contributed by atoms with van der Waals surface area (Å²) in [7, 11) is 1.62. The van der Waals surface area contributed by atoms with Gasteiger partial charge in [-0.25, -0.2) is 0 Å². The maximum atomic E-state index is 12.6. The molecule has 0 spiro atoms. The largest absolute Gasteiger partial charge is 0.497 e. The molecule has 0 aliphatic carbocycles. The molecule has 1 aromatic heterocycles. The molecular formula is C20H14O3. The molecule has 3 nitrogen and oxygen atoms in total.